The minimum Gasteiger partial charge on any atom is -0.377 e. The maximum Gasteiger partial charge on any atom is 0.0717 e. The Labute approximate surface area is 97.2 Å². The van der Waals surface area contributed by atoms with Gasteiger partial charge in [-0.25, -0.2) is 0 Å². The summed E-state index contributed by atoms with van der Waals surface area (Å²) in [4.78, 5) is 3.98. The maximum absolute atomic E-state index is 5.65. The molecular weight excluding hydrogens is 200 g/mol. The fourth-order valence-corrected chi connectivity index (χ4v) is 2.07. The summed E-state index contributed by atoms with van der Waals surface area (Å²) in [6.07, 6.45) is 8.74. The van der Waals surface area contributed by atoms with Crippen LogP contribution in [0.15, 0.2) is 24.5 Å². The zero-order chi connectivity index (χ0) is 11.1. The molecule has 0 spiro atoms. The van der Waals surface area contributed by atoms with Crippen molar-refractivity contribution in [2.45, 2.75) is 38.3 Å². The molecule has 2 heterocycles. The molecule has 88 valence electrons. The Hall–Kier alpha value is -0.930. The number of rotatable bonds is 5. The van der Waals surface area contributed by atoms with Gasteiger partial charge in [0.2, 0.25) is 0 Å². The van der Waals surface area contributed by atoms with Gasteiger partial charge in [0.25, 0.3) is 0 Å². The minimum absolute atomic E-state index is 0.672. The highest BCUT2D eigenvalue weighted by atomic mass is 16.5. The number of piperidine rings is 1. The SMILES string of the molecule is c1cc(COCC[C@H]2CCCCN2)ccn1. The molecule has 0 unspecified atom stereocenters. The number of aromatic nitrogens is 1. The Morgan fingerprint density at radius 2 is 2.19 bits per heavy atom. The van der Waals surface area contributed by atoms with Crippen molar-refractivity contribution in [2.24, 2.45) is 0 Å². The Bertz CT molecular complexity index is 283. The Kier molecular flexibility index (Phi) is 4.77. The average molecular weight is 220 g/mol. The number of nitrogens with one attached hydrogen (secondary N) is 1. The lowest BCUT2D eigenvalue weighted by molar-refractivity contribution is 0.108. The van der Waals surface area contributed by atoms with Crippen LogP contribution in [-0.4, -0.2) is 24.2 Å². The van der Waals surface area contributed by atoms with Crippen LogP contribution in [0.3, 0.4) is 0 Å². The maximum atomic E-state index is 5.65. The van der Waals surface area contributed by atoms with Gasteiger partial charge in [-0.2, -0.15) is 0 Å². The molecule has 2 rings (SSSR count). The van der Waals surface area contributed by atoms with Gasteiger partial charge in [0.1, 0.15) is 0 Å². The van der Waals surface area contributed by atoms with Gasteiger partial charge in [0, 0.05) is 25.0 Å². The molecule has 0 aromatic carbocycles. The lowest BCUT2D eigenvalue weighted by atomic mass is 10.0. The fraction of sp³-hybridized carbons (Fsp3) is 0.615. The largest absolute Gasteiger partial charge is 0.377 e. The normalized spacial score (nSPS) is 20.9. The summed E-state index contributed by atoms with van der Waals surface area (Å²) in [5, 5.41) is 3.53. The van der Waals surface area contributed by atoms with Crippen molar-refractivity contribution in [3.05, 3.63) is 30.1 Å². The highest BCUT2D eigenvalue weighted by Gasteiger charge is 2.11. The van der Waals surface area contributed by atoms with Crippen LogP contribution in [0.4, 0.5) is 0 Å². The van der Waals surface area contributed by atoms with Crippen LogP contribution in [0.2, 0.25) is 0 Å². The smallest absolute Gasteiger partial charge is 0.0717 e. The first-order valence-electron chi connectivity index (χ1n) is 6.15. The summed E-state index contributed by atoms with van der Waals surface area (Å²) in [6.45, 7) is 2.73. The van der Waals surface area contributed by atoms with E-state index in [0.717, 1.165) is 13.0 Å². The zero-order valence-electron chi connectivity index (χ0n) is 9.69. The second-order valence-corrected chi connectivity index (χ2v) is 4.34. The first-order chi connectivity index (χ1) is 7.95. The van der Waals surface area contributed by atoms with Crippen molar-refractivity contribution < 1.29 is 4.74 Å². The topological polar surface area (TPSA) is 34.1 Å². The molecule has 0 radical (unpaired) electrons. The van der Waals surface area contributed by atoms with Gasteiger partial charge in [-0.15, -0.1) is 0 Å². The van der Waals surface area contributed by atoms with Gasteiger partial charge in [-0.1, -0.05) is 6.42 Å². The van der Waals surface area contributed by atoms with Crippen molar-refractivity contribution in [2.75, 3.05) is 13.2 Å². The van der Waals surface area contributed by atoms with Crippen LogP contribution in [0.5, 0.6) is 0 Å². The lowest BCUT2D eigenvalue weighted by Gasteiger charge is -2.23. The quantitative estimate of drug-likeness (QED) is 0.772. The van der Waals surface area contributed by atoms with Crippen LogP contribution in [0.25, 0.3) is 0 Å². The van der Waals surface area contributed by atoms with E-state index in [1.165, 1.54) is 31.4 Å². The van der Waals surface area contributed by atoms with E-state index in [9.17, 15) is 0 Å². The van der Waals surface area contributed by atoms with Gasteiger partial charge >= 0.3 is 0 Å². The molecule has 1 aromatic rings. The molecule has 16 heavy (non-hydrogen) atoms. The molecule has 3 nitrogen and oxygen atoms in total. The lowest BCUT2D eigenvalue weighted by Crippen LogP contribution is -2.34. The highest BCUT2D eigenvalue weighted by molar-refractivity contribution is 5.07. The van der Waals surface area contributed by atoms with E-state index in [2.05, 4.69) is 10.3 Å². The summed E-state index contributed by atoms with van der Waals surface area (Å²) in [6, 6.07) is 4.67. The molecule has 1 atom stereocenters. The van der Waals surface area contributed by atoms with Gasteiger partial charge in [-0.05, 0) is 43.5 Å². The fourth-order valence-electron chi connectivity index (χ4n) is 2.07. The van der Waals surface area contributed by atoms with Crippen molar-refractivity contribution in [1.29, 1.82) is 0 Å². The molecule has 1 fully saturated rings. The Balaban J connectivity index is 1.58. The molecule has 0 saturated carbocycles. The third kappa shape index (κ3) is 3.91. The van der Waals surface area contributed by atoms with Crippen LogP contribution < -0.4 is 5.32 Å². The standard InChI is InChI=1S/C13H20N2O/c1-2-7-15-13(3-1)6-10-16-11-12-4-8-14-9-5-12/h4-5,8-9,13,15H,1-3,6-7,10-11H2/t13-/m1/s1. The van der Waals surface area contributed by atoms with E-state index < -0.39 is 0 Å². The van der Waals surface area contributed by atoms with Crippen molar-refractivity contribution in [1.82, 2.24) is 10.3 Å². The van der Waals surface area contributed by atoms with Gasteiger partial charge in [0.15, 0.2) is 0 Å². The summed E-state index contributed by atoms with van der Waals surface area (Å²) >= 11 is 0. The third-order valence-corrected chi connectivity index (χ3v) is 3.04. The summed E-state index contributed by atoms with van der Waals surface area (Å²) in [5.41, 5.74) is 1.20. The van der Waals surface area contributed by atoms with Crippen molar-refractivity contribution in [3.63, 3.8) is 0 Å². The molecular formula is C13H20N2O. The number of hydrogen-bond donors (Lipinski definition) is 1. The minimum atomic E-state index is 0.672. The molecule has 1 saturated heterocycles. The molecule has 0 bridgehead atoms. The predicted molar refractivity (Wildman–Crippen MR) is 64.2 cm³/mol. The second kappa shape index (κ2) is 6.61. The Morgan fingerprint density at radius 1 is 1.31 bits per heavy atom. The van der Waals surface area contributed by atoms with E-state index in [1.807, 2.05) is 12.1 Å². The molecule has 0 aliphatic carbocycles. The van der Waals surface area contributed by atoms with Crippen LogP contribution in [0, 0.1) is 0 Å². The highest BCUT2D eigenvalue weighted by Crippen LogP contribution is 2.10. The number of hydrogen-bond acceptors (Lipinski definition) is 3. The zero-order valence-corrected chi connectivity index (χ0v) is 9.69. The summed E-state index contributed by atoms with van der Waals surface area (Å²) in [5.74, 6) is 0. The number of ether oxygens (including phenoxy) is 1. The van der Waals surface area contributed by atoms with Gasteiger partial charge in [0.05, 0.1) is 6.61 Å². The van der Waals surface area contributed by atoms with E-state index in [4.69, 9.17) is 4.74 Å². The monoisotopic (exact) mass is 220 g/mol. The summed E-state index contributed by atoms with van der Waals surface area (Å²) in [7, 11) is 0. The average Bonchev–Trinajstić information content (AvgIpc) is 2.37. The summed E-state index contributed by atoms with van der Waals surface area (Å²) < 4.78 is 5.65. The van der Waals surface area contributed by atoms with Gasteiger partial charge < -0.3 is 10.1 Å². The van der Waals surface area contributed by atoms with Crippen LogP contribution in [0.1, 0.15) is 31.2 Å². The van der Waals surface area contributed by atoms with E-state index in [0.29, 0.717) is 12.6 Å². The molecule has 1 aliphatic heterocycles. The van der Waals surface area contributed by atoms with E-state index >= 15 is 0 Å². The molecule has 3 heteroatoms. The van der Waals surface area contributed by atoms with Crippen molar-refractivity contribution >= 4 is 0 Å². The predicted octanol–water partition coefficient (Wildman–Crippen LogP) is 2.13. The Morgan fingerprint density at radius 3 is 2.94 bits per heavy atom. The van der Waals surface area contributed by atoms with E-state index in [-0.39, 0.29) is 0 Å². The van der Waals surface area contributed by atoms with Crippen LogP contribution in [-0.2, 0) is 11.3 Å². The first kappa shape index (κ1) is 11.6. The molecule has 0 amide bonds. The van der Waals surface area contributed by atoms with Crippen molar-refractivity contribution in [3.8, 4) is 0 Å². The number of pyridine rings is 1. The van der Waals surface area contributed by atoms with Crippen LogP contribution >= 0.6 is 0 Å². The second-order valence-electron chi connectivity index (χ2n) is 4.34. The first-order valence-corrected chi connectivity index (χ1v) is 6.15. The molecule has 1 N–H and O–H groups in total. The third-order valence-electron chi connectivity index (χ3n) is 3.04. The van der Waals surface area contributed by atoms with E-state index in [1.54, 1.807) is 12.4 Å². The van der Waals surface area contributed by atoms with Gasteiger partial charge in [-0.3, -0.25) is 4.98 Å². The molecule has 1 aliphatic rings. The molecule has 1 aromatic heterocycles. The number of nitrogens with zero attached hydrogens (tertiary/aromatic N) is 1.